The topological polar surface area (TPSA) is 15.3 Å². The van der Waals surface area contributed by atoms with Crippen molar-refractivity contribution in [2.45, 2.75) is 39.0 Å². The fourth-order valence-electron chi connectivity index (χ4n) is 3.18. The van der Waals surface area contributed by atoms with Crippen LogP contribution in [0.2, 0.25) is 0 Å². The zero-order valence-electron chi connectivity index (χ0n) is 13.0. The van der Waals surface area contributed by atoms with Gasteiger partial charge in [-0.05, 0) is 69.8 Å². The molecule has 1 aromatic rings. The first-order chi connectivity index (χ1) is 9.88. The van der Waals surface area contributed by atoms with Crippen molar-refractivity contribution < 1.29 is 0 Å². The highest BCUT2D eigenvalue weighted by atomic mass is 15.1. The number of rotatable bonds is 8. The predicted molar refractivity (Wildman–Crippen MR) is 87.1 cm³/mol. The molecular weight excluding hydrogens is 244 g/mol. The minimum atomic E-state index is 0.873. The van der Waals surface area contributed by atoms with Gasteiger partial charge in [-0.25, -0.2) is 0 Å². The van der Waals surface area contributed by atoms with Crippen LogP contribution in [0.15, 0.2) is 30.3 Å². The van der Waals surface area contributed by atoms with Crippen LogP contribution >= 0.6 is 0 Å². The Hall–Kier alpha value is -0.860. The van der Waals surface area contributed by atoms with E-state index in [0.29, 0.717) is 0 Å². The van der Waals surface area contributed by atoms with E-state index in [4.69, 9.17) is 0 Å². The zero-order valence-corrected chi connectivity index (χ0v) is 13.0. The molecule has 112 valence electrons. The number of nitrogens with zero attached hydrogens (tertiary/aromatic N) is 1. The zero-order chi connectivity index (χ0) is 14.0. The van der Waals surface area contributed by atoms with Crippen molar-refractivity contribution in [2.75, 3.05) is 32.7 Å². The van der Waals surface area contributed by atoms with Gasteiger partial charge in [-0.15, -0.1) is 0 Å². The van der Waals surface area contributed by atoms with Crippen molar-refractivity contribution in [2.24, 2.45) is 5.92 Å². The molecule has 1 N–H and O–H groups in total. The molecule has 1 aliphatic heterocycles. The van der Waals surface area contributed by atoms with Crippen LogP contribution in [-0.4, -0.2) is 37.6 Å². The summed E-state index contributed by atoms with van der Waals surface area (Å²) >= 11 is 0. The van der Waals surface area contributed by atoms with E-state index < -0.39 is 0 Å². The SMILES string of the molecule is CCNCC1CCCN(CCCCc2ccccc2)C1. The van der Waals surface area contributed by atoms with E-state index in [1.807, 2.05) is 0 Å². The van der Waals surface area contributed by atoms with Crippen LogP contribution < -0.4 is 5.32 Å². The Labute approximate surface area is 124 Å². The Kier molecular flexibility index (Phi) is 7.10. The van der Waals surface area contributed by atoms with E-state index >= 15 is 0 Å². The third-order valence-corrected chi connectivity index (χ3v) is 4.32. The molecule has 1 fully saturated rings. The highest BCUT2D eigenvalue weighted by Crippen LogP contribution is 2.16. The second kappa shape index (κ2) is 9.15. The quantitative estimate of drug-likeness (QED) is 0.732. The molecule has 0 amide bonds. The number of nitrogens with one attached hydrogen (secondary N) is 1. The standard InChI is InChI=1S/C18H30N2/c1-2-19-15-18-12-8-14-20(16-18)13-7-6-11-17-9-4-3-5-10-17/h3-5,9-10,18-19H,2,6-8,11-16H2,1H3. The highest BCUT2D eigenvalue weighted by Gasteiger charge is 2.18. The number of hydrogen-bond donors (Lipinski definition) is 1. The van der Waals surface area contributed by atoms with Gasteiger partial charge in [0.15, 0.2) is 0 Å². The summed E-state index contributed by atoms with van der Waals surface area (Å²) in [5, 5.41) is 3.50. The van der Waals surface area contributed by atoms with Crippen molar-refractivity contribution >= 4 is 0 Å². The first-order valence-electron chi connectivity index (χ1n) is 8.35. The normalized spacial score (nSPS) is 20.1. The molecule has 20 heavy (non-hydrogen) atoms. The summed E-state index contributed by atoms with van der Waals surface area (Å²) in [5.41, 5.74) is 1.48. The smallest absolute Gasteiger partial charge is 0.00218 e. The first-order valence-corrected chi connectivity index (χ1v) is 8.35. The molecule has 0 aliphatic carbocycles. The highest BCUT2D eigenvalue weighted by molar-refractivity contribution is 5.14. The lowest BCUT2D eigenvalue weighted by Crippen LogP contribution is -2.40. The maximum absolute atomic E-state index is 3.50. The monoisotopic (exact) mass is 274 g/mol. The van der Waals surface area contributed by atoms with Gasteiger partial charge in [0.1, 0.15) is 0 Å². The van der Waals surface area contributed by atoms with Crippen LogP contribution in [-0.2, 0) is 6.42 Å². The number of benzene rings is 1. The summed E-state index contributed by atoms with van der Waals surface area (Å²) in [6.07, 6.45) is 6.68. The van der Waals surface area contributed by atoms with E-state index in [9.17, 15) is 0 Å². The molecule has 1 atom stereocenters. The van der Waals surface area contributed by atoms with Gasteiger partial charge in [0.25, 0.3) is 0 Å². The van der Waals surface area contributed by atoms with Crippen LogP contribution in [0.1, 0.15) is 38.2 Å². The van der Waals surface area contributed by atoms with Crippen LogP contribution in [0.25, 0.3) is 0 Å². The molecule has 1 aliphatic rings. The van der Waals surface area contributed by atoms with Crippen molar-refractivity contribution in [3.63, 3.8) is 0 Å². The number of piperidine rings is 1. The first kappa shape index (κ1) is 15.5. The predicted octanol–water partition coefficient (Wildman–Crippen LogP) is 3.33. The Bertz CT molecular complexity index is 350. The van der Waals surface area contributed by atoms with Gasteiger partial charge in [-0.2, -0.15) is 0 Å². The molecule has 2 nitrogen and oxygen atoms in total. The van der Waals surface area contributed by atoms with E-state index in [1.165, 1.54) is 63.8 Å². The molecular formula is C18H30N2. The number of likely N-dealkylation sites (tertiary alicyclic amines) is 1. The van der Waals surface area contributed by atoms with Gasteiger partial charge in [-0.3, -0.25) is 0 Å². The van der Waals surface area contributed by atoms with Gasteiger partial charge in [0.2, 0.25) is 0 Å². The Morgan fingerprint density at radius 3 is 2.85 bits per heavy atom. The maximum Gasteiger partial charge on any atom is 0.00218 e. The van der Waals surface area contributed by atoms with Crippen LogP contribution in [0.3, 0.4) is 0 Å². The summed E-state index contributed by atoms with van der Waals surface area (Å²) in [5.74, 6) is 0.873. The van der Waals surface area contributed by atoms with Crippen LogP contribution in [0.4, 0.5) is 0 Å². The summed E-state index contributed by atoms with van der Waals surface area (Å²) in [6.45, 7) is 8.41. The molecule has 0 radical (unpaired) electrons. The molecule has 0 aromatic heterocycles. The lowest BCUT2D eigenvalue weighted by molar-refractivity contribution is 0.170. The molecule has 1 saturated heterocycles. The van der Waals surface area contributed by atoms with Gasteiger partial charge < -0.3 is 10.2 Å². The van der Waals surface area contributed by atoms with Gasteiger partial charge in [0, 0.05) is 6.54 Å². The van der Waals surface area contributed by atoms with Gasteiger partial charge in [0.05, 0.1) is 0 Å². The molecule has 0 saturated carbocycles. The molecule has 2 heteroatoms. The Morgan fingerprint density at radius 2 is 2.05 bits per heavy atom. The number of hydrogen-bond acceptors (Lipinski definition) is 2. The Balaban J connectivity index is 1.59. The van der Waals surface area contributed by atoms with E-state index in [2.05, 4.69) is 47.5 Å². The Morgan fingerprint density at radius 1 is 1.20 bits per heavy atom. The second-order valence-corrected chi connectivity index (χ2v) is 6.06. The molecule has 0 bridgehead atoms. The molecule has 2 rings (SSSR count). The van der Waals surface area contributed by atoms with Crippen molar-refractivity contribution in [1.82, 2.24) is 10.2 Å². The average Bonchev–Trinajstić information content (AvgIpc) is 2.51. The molecule has 1 heterocycles. The molecule has 1 unspecified atom stereocenters. The van der Waals surface area contributed by atoms with Gasteiger partial charge >= 0.3 is 0 Å². The summed E-state index contributed by atoms with van der Waals surface area (Å²) in [6, 6.07) is 10.9. The lowest BCUT2D eigenvalue weighted by atomic mass is 9.97. The van der Waals surface area contributed by atoms with Crippen LogP contribution in [0, 0.1) is 5.92 Å². The summed E-state index contributed by atoms with van der Waals surface area (Å²) < 4.78 is 0. The fourth-order valence-corrected chi connectivity index (χ4v) is 3.18. The molecule has 0 spiro atoms. The maximum atomic E-state index is 3.50. The van der Waals surface area contributed by atoms with E-state index in [1.54, 1.807) is 0 Å². The third-order valence-electron chi connectivity index (χ3n) is 4.32. The number of unbranched alkanes of at least 4 members (excludes halogenated alkanes) is 1. The average molecular weight is 274 g/mol. The molecule has 1 aromatic carbocycles. The third kappa shape index (κ3) is 5.64. The van der Waals surface area contributed by atoms with Crippen molar-refractivity contribution in [3.05, 3.63) is 35.9 Å². The largest absolute Gasteiger partial charge is 0.317 e. The van der Waals surface area contributed by atoms with E-state index in [-0.39, 0.29) is 0 Å². The minimum absolute atomic E-state index is 0.873. The van der Waals surface area contributed by atoms with Crippen LogP contribution in [0.5, 0.6) is 0 Å². The fraction of sp³-hybridized carbons (Fsp3) is 0.667. The van der Waals surface area contributed by atoms with E-state index in [0.717, 1.165) is 12.5 Å². The van der Waals surface area contributed by atoms with Crippen molar-refractivity contribution in [1.29, 1.82) is 0 Å². The second-order valence-electron chi connectivity index (χ2n) is 6.06. The lowest BCUT2D eigenvalue weighted by Gasteiger charge is -2.32. The van der Waals surface area contributed by atoms with Gasteiger partial charge in [-0.1, -0.05) is 37.3 Å². The van der Waals surface area contributed by atoms with Crippen molar-refractivity contribution in [3.8, 4) is 0 Å². The minimum Gasteiger partial charge on any atom is -0.317 e. The number of aryl methyl sites for hydroxylation is 1. The summed E-state index contributed by atoms with van der Waals surface area (Å²) in [4.78, 5) is 2.68. The summed E-state index contributed by atoms with van der Waals surface area (Å²) in [7, 11) is 0.